The Morgan fingerprint density at radius 1 is 1.56 bits per heavy atom. The molecule has 9 heavy (non-hydrogen) atoms. The van der Waals surface area contributed by atoms with E-state index in [1.54, 1.807) is 0 Å². The molecule has 1 radical (unpaired) electrons. The Labute approximate surface area is 59.0 Å². The van der Waals surface area contributed by atoms with Crippen LogP contribution in [0, 0.1) is 12.5 Å². The highest BCUT2D eigenvalue weighted by atomic mass is 14.0. The van der Waals surface area contributed by atoms with Crippen molar-refractivity contribution in [1.29, 1.82) is 0 Å². The third-order valence-corrected chi connectivity index (χ3v) is 1.73. The van der Waals surface area contributed by atoms with Gasteiger partial charge in [0.1, 0.15) is 0 Å². The van der Waals surface area contributed by atoms with Crippen LogP contribution in [0.3, 0.4) is 0 Å². The molecule has 1 atom stereocenters. The Bertz CT molecular complexity index is 82.0. The van der Waals surface area contributed by atoms with Gasteiger partial charge in [-0.05, 0) is 25.7 Å². The minimum Gasteiger partial charge on any atom is -0.0733 e. The van der Waals surface area contributed by atoms with E-state index in [0.29, 0.717) is 0 Å². The lowest BCUT2D eigenvalue weighted by Crippen LogP contribution is -1.91. The van der Waals surface area contributed by atoms with Crippen molar-refractivity contribution in [2.45, 2.75) is 40.0 Å². The maximum Gasteiger partial charge on any atom is -0.0317 e. The van der Waals surface area contributed by atoms with Gasteiger partial charge < -0.3 is 0 Å². The van der Waals surface area contributed by atoms with Crippen LogP contribution in [0.25, 0.3) is 0 Å². The normalized spacial score (nSPS) is 13.2. The fourth-order valence-corrected chi connectivity index (χ4v) is 0.678. The molecule has 0 aliphatic heterocycles. The summed E-state index contributed by atoms with van der Waals surface area (Å²) in [7, 11) is 0. The van der Waals surface area contributed by atoms with Crippen LogP contribution in [0.2, 0.25) is 0 Å². The summed E-state index contributed by atoms with van der Waals surface area (Å²) in [4.78, 5) is 0. The highest BCUT2D eigenvalue weighted by Crippen LogP contribution is 2.12. The zero-order valence-corrected chi connectivity index (χ0v) is 6.78. The van der Waals surface area contributed by atoms with Gasteiger partial charge >= 0.3 is 0 Å². The number of hydrogen-bond donors (Lipinski definition) is 0. The van der Waals surface area contributed by atoms with E-state index in [4.69, 9.17) is 6.58 Å². The molecule has 0 rings (SSSR count). The van der Waals surface area contributed by atoms with Crippen LogP contribution in [-0.2, 0) is 0 Å². The molecule has 1 unspecified atom stereocenters. The molecule has 0 aliphatic carbocycles. The minimum absolute atomic E-state index is 0.837. The van der Waals surface area contributed by atoms with Crippen molar-refractivity contribution in [3.05, 3.63) is 12.2 Å². The Morgan fingerprint density at radius 3 is 2.44 bits per heavy atom. The molecule has 0 bridgehead atoms. The zero-order chi connectivity index (χ0) is 7.28. The van der Waals surface area contributed by atoms with Crippen LogP contribution < -0.4 is 0 Å². The van der Waals surface area contributed by atoms with E-state index in [1.807, 2.05) is 6.92 Å². The van der Waals surface area contributed by atoms with Crippen molar-refractivity contribution in [3.63, 3.8) is 0 Å². The van der Waals surface area contributed by atoms with E-state index >= 15 is 0 Å². The van der Waals surface area contributed by atoms with Crippen molar-refractivity contribution in [2.24, 2.45) is 5.92 Å². The third kappa shape index (κ3) is 5.61. The summed E-state index contributed by atoms with van der Waals surface area (Å²) in [5, 5.41) is 0. The smallest absolute Gasteiger partial charge is 0.0317 e. The lowest BCUT2D eigenvalue weighted by Gasteiger charge is -2.05. The summed E-state index contributed by atoms with van der Waals surface area (Å²) >= 11 is 0. The second kappa shape index (κ2) is 4.60. The standard InChI is InChI=1S/C9H17/c1-5-9(4)7-6-8(2)3/h2,9H,5-7H2,1,3-4H3. The summed E-state index contributed by atoms with van der Waals surface area (Å²) in [6.45, 7) is 12.0. The molecule has 0 saturated heterocycles. The minimum atomic E-state index is 0.837. The van der Waals surface area contributed by atoms with Gasteiger partial charge in [-0.15, -0.1) is 0 Å². The second-order valence-corrected chi connectivity index (χ2v) is 2.90. The first kappa shape index (κ1) is 8.74. The topological polar surface area (TPSA) is 0 Å². The van der Waals surface area contributed by atoms with Crippen molar-refractivity contribution < 1.29 is 0 Å². The van der Waals surface area contributed by atoms with Gasteiger partial charge in [0, 0.05) is 0 Å². The van der Waals surface area contributed by atoms with Crippen LogP contribution in [0.5, 0.6) is 0 Å². The molecule has 0 fully saturated rings. The van der Waals surface area contributed by atoms with Crippen LogP contribution in [0.1, 0.15) is 40.0 Å². The fraction of sp³-hybridized carbons (Fsp3) is 0.778. The molecule has 0 nitrogen and oxygen atoms in total. The Hall–Kier alpha value is -0.260. The maximum absolute atomic E-state index is 5.51. The molecule has 0 spiro atoms. The highest BCUT2D eigenvalue weighted by molar-refractivity contribution is 4.84. The lowest BCUT2D eigenvalue weighted by molar-refractivity contribution is 0.515. The van der Waals surface area contributed by atoms with Crippen molar-refractivity contribution in [1.82, 2.24) is 0 Å². The zero-order valence-electron chi connectivity index (χ0n) is 6.78. The van der Waals surface area contributed by atoms with Crippen LogP contribution in [0.15, 0.2) is 5.57 Å². The van der Waals surface area contributed by atoms with Crippen molar-refractivity contribution in [3.8, 4) is 0 Å². The highest BCUT2D eigenvalue weighted by Gasteiger charge is 1.96. The van der Waals surface area contributed by atoms with Gasteiger partial charge in [0.2, 0.25) is 0 Å². The Morgan fingerprint density at radius 2 is 2.11 bits per heavy atom. The van der Waals surface area contributed by atoms with E-state index in [0.717, 1.165) is 17.9 Å². The SMILES string of the molecule is [CH]=C(C)CCC(C)CC. The van der Waals surface area contributed by atoms with Gasteiger partial charge in [-0.25, -0.2) is 0 Å². The van der Waals surface area contributed by atoms with E-state index in [-0.39, 0.29) is 0 Å². The van der Waals surface area contributed by atoms with Gasteiger partial charge in [-0.3, -0.25) is 0 Å². The first-order valence-corrected chi connectivity index (χ1v) is 3.74. The Balaban J connectivity index is 3.16. The van der Waals surface area contributed by atoms with Gasteiger partial charge in [-0.1, -0.05) is 32.4 Å². The molecule has 0 heteroatoms. The molecule has 0 aromatic heterocycles. The summed E-state index contributed by atoms with van der Waals surface area (Å²) < 4.78 is 0. The predicted octanol–water partition coefficient (Wildman–Crippen LogP) is 3.19. The molecule has 0 aromatic rings. The molecule has 0 aromatic carbocycles. The molecule has 53 valence electrons. The summed E-state index contributed by atoms with van der Waals surface area (Å²) in [5.41, 5.74) is 1.07. The van der Waals surface area contributed by atoms with Crippen LogP contribution in [0.4, 0.5) is 0 Å². The number of allylic oxidation sites excluding steroid dienone is 1. The lowest BCUT2D eigenvalue weighted by atomic mass is 10.0. The first-order chi connectivity index (χ1) is 4.16. The van der Waals surface area contributed by atoms with Gasteiger partial charge in [0.25, 0.3) is 0 Å². The number of hydrogen-bond acceptors (Lipinski definition) is 0. The Kier molecular flexibility index (Phi) is 4.47. The average Bonchev–Trinajstić information content (AvgIpc) is 1.83. The predicted molar refractivity (Wildman–Crippen MR) is 42.2 cm³/mol. The molecule has 0 heterocycles. The van der Waals surface area contributed by atoms with E-state index < -0.39 is 0 Å². The van der Waals surface area contributed by atoms with Crippen LogP contribution in [-0.4, -0.2) is 0 Å². The largest absolute Gasteiger partial charge is 0.0733 e. The second-order valence-electron chi connectivity index (χ2n) is 2.90. The molecular weight excluding hydrogens is 108 g/mol. The fourth-order valence-electron chi connectivity index (χ4n) is 0.678. The van der Waals surface area contributed by atoms with E-state index in [9.17, 15) is 0 Å². The summed E-state index contributed by atoms with van der Waals surface area (Å²) in [5.74, 6) is 0.837. The van der Waals surface area contributed by atoms with E-state index in [1.165, 1.54) is 12.8 Å². The molecule has 0 amide bonds. The molecule has 0 N–H and O–H groups in total. The van der Waals surface area contributed by atoms with Crippen molar-refractivity contribution >= 4 is 0 Å². The average molecular weight is 125 g/mol. The molecule has 0 aliphatic rings. The maximum atomic E-state index is 5.51. The first-order valence-electron chi connectivity index (χ1n) is 3.74. The van der Waals surface area contributed by atoms with Gasteiger partial charge in [-0.2, -0.15) is 0 Å². The summed E-state index contributed by atoms with van der Waals surface area (Å²) in [6.07, 6.45) is 3.61. The third-order valence-electron chi connectivity index (χ3n) is 1.73. The van der Waals surface area contributed by atoms with Crippen molar-refractivity contribution in [2.75, 3.05) is 0 Å². The molecular formula is C9H17. The van der Waals surface area contributed by atoms with Crippen LogP contribution >= 0.6 is 0 Å². The van der Waals surface area contributed by atoms with Gasteiger partial charge in [0.15, 0.2) is 0 Å². The molecule has 0 saturated carbocycles. The quantitative estimate of drug-likeness (QED) is 0.541. The monoisotopic (exact) mass is 125 g/mol. The van der Waals surface area contributed by atoms with E-state index in [2.05, 4.69) is 13.8 Å². The van der Waals surface area contributed by atoms with Gasteiger partial charge in [0.05, 0.1) is 0 Å². The summed E-state index contributed by atoms with van der Waals surface area (Å²) in [6, 6.07) is 0. The number of rotatable bonds is 4.